The average molecular weight is 326 g/mol. The van der Waals surface area contributed by atoms with Crippen molar-refractivity contribution in [2.45, 2.75) is 31.7 Å². The third kappa shape index (κ3) is 4.06. The first-order chi connectivity index (χ1) is 10.1. The number of rotatable bonds is 2. The maximum absolute atomic E-state index is 13.0. The Morgan fingerprint density at radius 3 is 2.41 bits per heavy atom. The Morgan fingerprint density at radius 1 is 1.14 bits per heavy atom. The molecule has 1 aliphatic heterocycles. The highest BCUT2D eigenvalue weighted by Gasteiger charge is 2.42. The first-order valence-corrected chi connectivity index (χ1v) is 6.82. The zero-order valence-electron chi connectivity index (χ0n) is 11.6. The van der Waals surface area contributed by atoms with Crippen LogP contribution >= 0.6 is 0 Å². The zero-order valence-corrected chi connectivity index (χ0v) is 11.6. The van der Waals surface area contributed by atoms with Crippen LogP contribution in [0.25, 0.3) is 0 Å². The molecule has 1 unspecified atom stereocenters. The van der Waals surface area contributed by atoms with Gasteiger partial charge in [0.1, 0.15) is 0 Å². The van der Waals surface area contributed by atoms with Gasteiger partial charge in [0.15, 0.2) is 0 Å². The van der Waals surface area contributed by atoms with Crippen LogP contribution in [0.1, 0.15) is 24.0 Å². The molecule has 1 fully saturated rings. The van der Waals surface area contributed by atoms with Crippen LogP contribution in [0.4, 0.5) is 32.0 Å². The fraction of sp³-hybridized carbons (Fsp3) is 0.571. The zero-order chi connectivity index (χ0) is 16.5. The number of piperidine rings is 1. The molecule has 22 heavy (non-hydrogen) atoms. The molecule has 1 aromatic carbocycles. The van der Waals surface area contributed by atoms with E-state index in [0.717, 1.165) is 6.07 Å². The van der Waals surface area contributed by atoms with Crippen LogP contribution in [0.2, 0.25) is 0 Å². The van der Waals surface area contributed by atoms with E-state index in [4.69, 9.17) is 5.73 Å². The van der Waals surface area contributed by atoms with Crippen molar-refractivity contribution in [1.82, 2.24) is 4.90 Å². The number of benzene rings is 1. The molecule has 2 N–H and O–H groups in total. The lowest BCUT2D eigenvalue weighted by Gasteiger charge is -2.34. The summed E-state index contributed by atoms with van der Waals surface area (Å²) in [5.41, 5.74) is 4.41. The highest BCUT2D eigenvalue weighted by molar-refractivity contribution is 5.46. The van der Waals surface area contributed by atoms with E-state index >= 15 is 0 Å². The summed E-state index contributed by atoms with van der Waals surface area (Å²) in [4.78, 5) is 1.42. The van der Waals surface area contributed by atoms with Gasteiger partial charge in [0.25, 0.3) is 0 Å². The van der Waals surface area contributed by atoms with Crippen LogP contribution in [0.5, 0.6) is 0 Å². The Bertz CT molecular complexity index is 523. The lowest BCUT2D eigenvalue weighted by atomic mass is 9.96. The Kier molecular flexibility index (Phi) is 4.60. The Morgan fingerprint density at radius 2 is 1.82 bits per heavy atom. The summed E-state index contributed by atoms with van der Waals surface area (Å²) in [5, 5.41) is 0. The molecule has 2 rings (SSSR count). The predicted molar refractivity (Wildman–Crippen MR) is 69.9 cm³/mol. The van der Waals surface area contributed by atoms with Crippen molar-refractivity contribution >= 4 is 5.69 Å². The molecule has 0 aliphatic carbocycles. The number of likely N-dealkylation sites (tertiary alicyclic amines) is 1. The van der Waals surface area contributed by atoms with E-state index in [9.17, 15) is 26.3 Å². The third-order valence-corrected chi connectivity index (χ3v) is 3.80. The number of hydrogen-bond acceptors (Lipinski definition) is 2. The highest BCUT2D eigenvalue weighted by atomic mass is 19.4. The van der Waals surface area contributed by atoms with Crippen molar-refractivity contribution in [2.24, 2.45) is 5.92 Å². The summed E-state index contributed by atoms with van der Waals surface area (Å²) in [6, 6.07) is 3.38. The summed E-state index contributed by atoms with van der Waals surface area (Å²) >= 11 is 0. The number of halogens is 6. The fourth-order valence-electron chi connectivity index (χ4n) is 2.70. The molecule has 1 aromatic rings. The Hall–Kier alpha value is -1.44. The van der Waals surface area contributed by atoms with Gasteiger partial charge in [-0.2, -0.15) is 26.3 Å². The highest BCUT2D eigenvalue weighted by Crippen LogP contribution is 2.36. The third-order valence-electron chi connectivity index (χ3n) is 3.80. The monoisotopic (exact) mass is 326 g/mol. The molecule has 1 heterocycles. The Labute approximate surface area is 123 Å². The first-order valence-electron chi connectivity index (χ1n) is 6.82. The van der Waals surface area contributed by atoms with Gasteiger partial charge in [0.2, 0.25) is 0 Å². The van der Waals surface area contributed by atoms with Crippen LogP contribution in [0.15, 0.2) is 18.2 Å². The number of nitrogens with zero attached hydrogens (tertiary/aromatic N) is 1. The molecule has 0 bridgehead atoms. The largest absolute Gasteiger partial charge is 0.416 e. The van der Waals surface area contributed by atoms with Crippen LogP contribution < -0.4 is 5.73 Å². The van der Waals surface area contributed by atoms with Gasteiger partial charge in [-0.1, -0.05) is 6.07 Å². The van der Waals surface area contributed by atoms with Gasteiger partial charge in [-0.3, -0.25) is 4.90 Å². The van der Waals surface area contributed by atoms with Gasteiger partial charge in [-0.15, -0.1) is 0 Å². The molecule has 0 amide bonds. The van der Waals surface area contributed by atoms with E-state index in [-0.39, 0.29) is 30.8 Å². The standard InChI is InChI=1S/C14H16F6N2/c15-13(16,17)10-2-1-5-22(8-10)7-9-3-4-11(21)6-12(9)14(18,19)20/h3-4,6,10H,1-2,5,7-8,21H2. The molecule has 1 atom stereocenters. The van der Waals surface area contributed by atoms with E-state index in [1.54, 1.807) is 0 Å². The van der Waals surface area contributed by atoms with Crippen LogP contribution in [-0.4, -0.2) is 24.2 Å². The topological polar surface area (TPSA) is 29.3 Å². The van der Waals surface area contributed by atoms with Gasteiger partial charge < -0.3 is 5.73 Å². The quantitative estimate of drug-likeness (QED) is 0.656. The first kappa shape index (κ1) is 16.9. The normalized spacial score (nSPS) is 21.1. The molecular weight excluding hydrogens is 310 g/mol. The van der Waals surface area contributed by atoms with E-state index in [1.807, 2.05) is 0 Å². The number of nitrogen functional groups attached to an aromatic ring is 1. The number of hydrogen-bond donors (Lipinski definition) is 1. The number of anilines is 1. The summed E-state index contributed by atoms with van der Waals surface area (Å²) < 4.78 is 77.2. The molecule has 0 aromatic heterocycles. The van der Waals surface area contributed by atoms with Crippen molar-refractivity contribution in [3.8, 4) is 0 Å². The fourth-order valence-corrected chi connectivity index (χ4v) is 2.70. The molecule has 1 aliphatic rings. The average Bonchev–Trinajstić information content (AvgIpc) is 2.39. The molecule has 2 nitrogen and oxygen atoms in total. The van der Waals surface area contributed by atoms with E-state index < -0.39 is 23.8 Å². The summed E-state index contributed by atoms with van der Waals surface area (Å²) in [5.74, 6) is -1.48. The predicted octanol–water partition coefficient (Wildman–Crippen LogP) is 4.06. The summed E-state index contributed by atoms with van der Waals surface area (Å²) in [6.07, 6.45) is -8.55. The lowest BCUT2D eigenvalue weighted by Crippen LogP contribution is -2.41. The van der Waals surface area contributed by atoms with Gasteiger partial charge in [0.05, 0.1) is 11.5 Å². The second kappa shape index (κ2) is 5.98. The van der Waals surface area contributed by atoms with Gasteiger partial charge >= 0.3 is 12.4 Å². The Balaban J connectivity index is 2.17. The van der Waals surface area contributed by atoms with Crippen LogP contribution in [0, 0.1) is 5.92 Å². The number of nitrogens with two attached hydrogens (primary N) is 1. The van der Waals surface area contributed by atoms with Gasteiger partial charge in [0, 0.05) is 18.8 Å². The minimum absolute atomic E-state index is 0.0217. The minimum Gasteiger partial charge on any atom is -0.399 e. The minimum atomic E-state index is -4.58. The maximum atomic E-state index is 13.0. The molecule has 0 spiro atoms. The smallest absolute Gasteiger partial charge is 0.399 e. The molecule has 124 valence electrons. The van der Waals surface area contributed by atoms with E-state index in [0.29, 0.717) is 13.0 Å². The maximum Gasteiger partial charge on any atom is 0.416 e. The van der Waals surface area contributed by atoms with Crippen LogP contribution in [-0.2, 0) is 12.7 Å². The second-order valence-electron chi connectivity index (χ2n) is 5.53. The summed E-state index contributed by atoms with van der Waals surface area (Å²) in [6.45, 7) is -0.0822. The van der Waals surface area contributed by atoms with Crippen molar-refractivity contribution < 1.29 is 26.3 Å². The van der Waals surface area contributed by atoms with E-state index in [1.165, 1.54) is 17.0 Å². The SMILES string of the molecule is Nc1ccc(CN2CCCC(C(F)(F)F)C2)c(C(F)(F)F)c1. The molecule has 0 saturated carbocycles. The molecule has 1 saturated heterocycles. The number of alkyl halides is 6. The van der Waals surface area contributed by atoms with Gasteiger partial charge in [-0.05, 0) is 37.1 Å². The lowest BCUT2D eigenvalue weighted by molar-refractivity contribution is -0.187. The second-order valence-corrected chi connectivity index (χ2v) is 5.53. The van der Waals surface area contributed by atoms with Crippen molar-refractivity contribution in [2.75, 3.05) is 18.8 Å². The van der Waals surface area contributed by atoms with E-state index in [2.05, 4.69) is 0 Å². The molecule has 0 radical (unpaired) electrons. The van der Waals surface area contributed by atoms with Crippen molar-refractivity contribution in [1.29, 1.82) is 0 Å². The summed E-state index contributed by atoms with van der Waals surface area (Å²) in [7, 11) is 0. The van der Waals surface area contributed by atoms with Crippen LogP contribution in [0.3, 0.4) is 0 Å². The molecular formula is C14H16F6N2. The molecule has 8 heteroatoms. The van der Waals surface area contributed by atoms with Crippen molar-refractivity contribution in [3.05, 3.63) is 29.3 Å². The van der Waals surface area contributed by atoms with Crippen molar-refractivity contribution in [3.63, 3.8) is 0 Å². The van der Waals surface area contributed by atoms with Gasteiger partial charge in [-0.25, -0.2) is 0 Å².